The van der Waals surface area contributed by atoms with E-state index in [-0.39, 0.29) is 12.5 Å². The normalized spacial score (nSPS) is 13.2. The Morgan fingerprint density at radius 3 is 2.88 bits per heavy atom. The summed E-state index contributed by atoms with van der Waals surface area (Å²) in [4.78, 5) is 14.6. The fourth-order valence-electron chi connectivity index (χ4n) is 3.16. The van der Waals surface area contributed by atoms with Crippen LogP contribution in [0.3, 0.4) is 0 Å². The molecular weight excluding hydrogens is 314 g/mol. The Morgan fingerprint density at radius 2 is 1.96 bits per heavy atom. The quantitative estimate of drug-likeness (QED) is 0.722. The monoisotopic (exact) mass is 333 g/mol. The fourth-order valence-corrected chi connectivity index (χ4v) is 3.16. The van der Waals surface area contributed by atoms with Gasteiger partial charge in [-0.2, -0.15) is 0 Å². The van der Waals surface area contributed by atoms with Crippen LogP contribution in [0, 0.1) is 0 Å². The zero-order valence-electron chi connectivity index (χ0n) is 13.7. The Labute approximate surface area is 146 Å². The molecule has 3 aromatic carbocycles. The van der Waals surface area contributed by atoms with Crippen molar-refractivity contribution in [1.82, 2.24) is 0 Å². The van der Waals surface area contributed by atoms with Gasteiger partial charge in [0.25, 0.3) is 0 Å². The minimum absolute atomic E-state index is 0.0546. The first kappa shape index (κ1) is 15.3. The number of carbonyl (C=O) groups is 1. The zero-order valence-corrected chi connectivity index (χ0v) is 13.7. The summed E-state index contributed by atoms with van der Waals surface area (Å²) in [6, 6.07) is 19.4. The highest BCUT2D eigenvalue weighted by atomic mass is 16.5. The summed E-state index contributed by atoms with van der Waals surface area (Å²) < 4.78 is 5.64. The van der Waals surface area contributed by atoms with Crippen molar-refractivity contribution in [1.29, 1.82) is 0 Å². The molecule has 0 bridgehead atoms. The maximum atomic E-state index is 12.6. The van der Waals surface area contributed by atoms with Crippen LogP contribution in [0.4, 0.5) is 17.1 Å². The van der Waals surface area contributed by atoms with Gasteiger partial charge in [0.1, 0.15) is 12.4 Å². The molecule has 3 aromatic rings. The van der Waals surface area contributed by atoms with E-state index in [0.29, 0.717) is 18.8 Å². The Bertz CT molecular complexity index is 934. The number of ether oxygens (including phenoxy) is 1. The van der Waals surface area contributed by atoms with Gasteiger partial charge in [0, 0.05) is 22.8 Å². The van der Waals surface area contributed by atoms with Gasteiger partial charge < -0.3 is 20.7 Å². The molecule has 0 radical (unpaired) electrons. The number of nitrogens with one attached hydrogen (secondary N) is 1. The van der Waals surface area contributed by atoms with Crippen molar-refractivity contribution in [3.8, 4) is 5.75 Å². The molecule has 5 heteroatoms. The lowest BCUT2D eigenvalue weighted by Gasteiger charge is -2.30. The van der Waals surface area contributed by atoms with Gasteiger partial charge in [-0.05, 0) is 23.6 Å². The highest BCUT2D eigenvalue weighted by molar-refractivity contribution is 6.03. The predicted octanol–water partition coefficient (Wildman–Crippen LogP) is 3.26. The van der Waals surface area contributed by atoms with E-state index >= 15 is 0 Å². The molecular formula is C20H19N3O2. The van der Waals surface area contributed by atoms with Gasteiger partial charge in [0.15, 0.2) is 0 Å². The van der Waals surface area contributed by atoms with Crippen molar-refractivity contribution in [2.75, 3.05) is 35.6 Å². The summed E-state index contributed by atoms with van der Waals surface area (Å²) in [6.07, 6.45) is 0. The van der Waals surface area contributed by atoms with E-state index in [2.05, 4.69) is 5.32 Å². The largest absolute Gasteiger partial charge is 0.489 e. The van der Waals surface area contributed by atoms with Crippen LogP contribution >= 0.6 is 0 Å². The van der Waals surface area contributed by atoms with Gasteiger partial charge in [-0.25, -0.2) is 0 Å². The molecule has 5 nitrogen and oxygen atoms in total. The lowest BCUT2D eigenvalue weighted by molar-refractivity contribution is -0.115. The molecule has 0 aromatic heterocycles. The van der Waals surface area contributed by atoms with E-state index in [0.717, 1.165) is 27.9 Å². The van der Waals surface area contributed by atoms with Gasteiger partial charge in [0.05, 0.1) is 18.8 Å². The van der Waals surface area contributed by atoms with E-state index in [1.165, 1.54) is 0 Å². The van der Waals surface area contributed by atoms with Crippen LogP contribution < -0.4 is 20.7 Å². The molecule has 1 aliphatic heterocycles. The maximum Gasteiger partial charge on any atom is 0.243 e. The molecule has 1 amide bonds. The number of anilines is 3. The average molecular weight is 333 g/mol. The molecule has 0 saturated carbocycles. The molecule has 126 valence electrons. The van der Waals surface area contributed by atoms with Crippen molar-refractivity contribution in [3.63, 3.8) is 0 Å². The van der Waals surface area contributed by atoms with Gasteiger partial charge in [-0.1, -0.05) is 36.4 Å². The van der Waals surface area contributed by atoms with Crippen molar-refractivity contribution in [2.45, 2.75) is 0 Å². The van der Waals surface area contributed by atoms with Gasteiger partial charge in [-0.15, -0.1) is 0 Å². The zero-order chi connectivity index (χ0) is 17.2. The average Bonchev–Trinajstić information content (AvgIpc) is 2.62. The molecule has 25 heavy (non-hydrogen) atoms. The maximum absolute atomic E-state index is 12.6. The van der Waals surface area contributed by atoms with Gasteiger partial charge >= 0.3 is 0 Å². The number of amides is 1. The van der Waals surface area contributed by atoms with E-state index in [4.69, 9.17) is 10.5 Å². The molecule has 0 spiro atoms. The molecule has 0 unspecified atom stereocenters. The Hall–Kier alpha value is -3.21. The second kappa shape index (κ2) is 6.36. The summed E-state index contributed by atoms with van der Waals surface area (Å²) in [5.74, 6) is 0.672. The molecule has 0 fully saturated rings. The van der Waals surface area contributed by atoms with Crippen LogP contribution in [0.15, 0.2) is 60.7 Å². The van der Waals surface area contributed by atoms with E-state index in [1.54, 1.807) is 6.07 Å². The number of hydrogen-bond donors (Lipinski definition) is 2. The second-order valence-electron chi connectivity index (χ2n) is 6.07. The van der Waals surface area contributed by atoms with Crippen LogP contribution in [0.1, 0.15) is 0 Å². The standard InChI is InChI=1S/C20H19N3O2/c21-15-8-9-18-19(12-15)25-11-10-23(18)13-20(24)22-17-7-3-5-14-4-1-2-6-16(14)17/h1-9,12H,10-11,13,21H2,(H,22,24). The van der Waals surface area contributed by atoms with Crippen molar-refractivity contribution in [2.24, 2.45) is 0 Å². The van der Waals surface area contributed by atoms with E-state index < -0.39 is 0 Å². The number of benzene rings is 3. The molecule has 0 saturated heterocycles. The predicted molar refractivity (Wildman–Crippen MR) is 101 cm³/mol. The Morgan fingerprint density at radius 1 is 1.12 bits per heavy atom. The van der Waals surface area contributed by atoms with Crippen LogP contribution in [0.5, 0.6) is 5.75 Å². The summed E-state index contributed by atoms with van der Waals surface area (Å²) in [6.45, 7) is 1.47. The molecule has 0 atom stereocenters. The number of hydrogen-bond acceptors (Lipinski definition) is 4. The first-order valence-corrected chi connectivity index (χ1v) is 8.25. The summed E-state index contributed by atoms with van der Waals surface area (Å²) in [5, 5.41) is 5.17. The first-order chi connectivity index (χ1) is 12.2. The van der Waals surface area contributed by atoms with Crippen LogP contribution in [-0.4, -0.2) is 25.6 Å². The number of carbonyl (C=O) groups excluding carboxylic acids is 1. The van der Waals surface area contributed by atoms with Gasteiger partial charge in [-0.3, -0.25) is 4.79 Å². The van der Waals surface area contributed by atoms with Crippen LogP contribution in [0.25, 0.3) is 10.8 Å². The van der Waals surface area contributed by atoms with Crippen molar-refractivity contribution in [3.05, 3.63) is 60.7 Å². The Balaban J connectivity index is 1.53. The minimum atomic E-state index is -0.0546. The number of nitrogen functional groups attached to an aromatic ring is 1. The summed E-state index contributed by atoms with van der Waals surface area (Å²) >= 11 is 0. The number of rotatable bonds is 3. The molecule has 1 aliphatic rings. The third kappa shape index (κ3) is 3.08. The minimum Gasteiger partial charge on any atom is -0.489 e. The van der Waals surface area contributed by atoms with E-state index in [9.17, 15) is 4.79 Å². The lowest BCUT2D eigenvalue weighted by Crippen LogP contribution is -2.38. The molecule has 4 rings (SSSR count). The van der Waals surface area contributed by atoms with Crippen LogP contribution in [0.2, 0.25) is 0 Å². The number of fused-ring (bicyclic) bond motifs is 2. The SMILES string of the molecule is Nc1ccc2c(c1)OCCN2CC(=O)Nc1cccc2ccccc12. The second-order valence-corrected chi connectivity index (χ2v) is 6.07. The fraction of sp³-hybridized carbons (Fsp3) is 0.150. The summed E-state index contributed by atoms with van der Waals surface area (Å²) in [7, 11) is 0. The van der Waals surface area contributed by atoms with Crippen molar-refractivity contribution >= 4 is 33.7 Å². The first-order valence-electron chi connectivity index (χ1n) is 8.25. The lowest BCUT2D eigenvalue weighted by atomic mass is 10.1. The topological polar surface area (TPSA) is 67.6 Å². The third-order valence-corrected chi connectivity index (χ3v) is 4.34. The molecule has 1 heterocycles. The molecule has 0 aliphatic carbocycles. The Kier molecular flexibility index (Phi) is 3.90. The van der Waals surface area contributed by atoms with Crippen molar-refractivity contribution < 1.29 is 9.53 Å². The van der Waals surface area contributed by atoms with Crippen LogP contribution in [-0.2, 0) is 4.79 Å². The third-order valence-electron chi connectivity index (χ3n) is 4.34. The molecule has 3 N–H and O–H groups in total. The highest BCUT2D eigenvalue weighted by Gasteiger charge is 2.20. The highest BCUT2D eigenvalue weighted by Crippen LogP contribution is 2.33. The smallest absolute Gasteiger partial charge is 0.243 e. The van der Waals surface area contributed by atoms with Gasteiger partial charge in [0.2, 0.25) is 5.91 Å². The number of nitrogens with zero attached hydrogens (tertiary/aromatic N) is 1. The van der Waals surface area contributed by atoms with E-state index in [1.807, 2.05) is 59.5 Å². The number of nitrogens with two attached hydrogens (primary N) is 1. The summed E-state index contributed by atoms with van der Waals surface area (Å²) in [5.41, 5.74) is 8.18.